The second-order valence-electron chi connectivity index (χ2n) is 5.57. The van der Waals surface area contributed by atoms with Gasteiger partial charge in [-0.15, -0.1) is 5.10 Å². The lowest BCUT2D eigenvalue weighted by Gasteiger charge is -2.11. The van der Waals surface area contributed by atoms with E-state index in [1.165, 1.54) is 24.3 Å². The predicted molar refractivity (Wildman–Crippen MR) is 92.6 cm³/mol. The van der Waals surface area contributed by atoms with Crippen LogP contribution in [-0.4, -0.2) is 29.2 Å². The van der Waals surface area contributed by atoms with Gasteiger partial charge in [0.15, 0.2) is 11.4 Å². The van der Waals surface area contributed by atoms with Crippen LogP contribution >= 0.6 is 11.6 Å². The number of rotatable bonds is 4. The smallest absolute Gasteiger partial charge is 0.287 e. The van der Waals surface area contributed by atoms with Gasteiger partial charge in [-0.1, -0.05) is 16.8 Å². The van der Waals surface area contributed by atoms with Crippen LogP contribution in [0.2, 0.25) is 5.02 Å². The molecule has 0 aliphatic heterocycles. The lowest BCUT2D eigenvalue weighted by Crippen LogP contribution is -2.18. The fourth-order valence-electron chi connectivity index (χ4n) is 2.38. The minimum Gasteiger partial charge on any atom is -0.287 e. The molecular formula is C16H10ClF3N4O3S. The van der Waals surface area contributed by atoms with E-state index in [1.807, 2.05) is 0 Å². The van der Waals surface area contributed by atoms with E-state index in [9.17, 15) is 26.4 Å². The second-order valence-corrected chi connectivity index (χ2v) is 7.57. The van der Waals surface area contributed by atoms with Crippen molar-refractivity contribution in [2.75, 3.05) is 0 Å². The molecule has 3 rings (SSSR count). The highest BCUT2D eigenvalue weighted by Gasteiger charge is 2.42. The number of hydrogen-bond acceptors (Lipinski definition) is 5. The topological polar surface area (TPSA) is 108 Å². The third kappa shape index (κ3) is 3.91. The first-order chi connectivity index (χ1) is 13.0. The van der Waals surface area contributed by atoms with E-state index < -0.39 is 33.4 Å². The average molecular weight is 431 g/mol. The molecule has 1 heterocycles. The summed E-state index contributed by atoms with van der Waals surface area (Å²) in [6.07, 6.45) is -4.96. The van der Waals surface area contributed by atoms with Crippen LogP contribution in [0.1, 0.15) is 21.7 Å². The van der Waals surface area contributed by atoms with Gasteiger partial charge in [-0.2, -0.15) is 13.2 Å². The SMILES string of the molecule is NS(=O)(=O)c1ccc(-n2nnc(C(=O)c3ccc(Cl)cc3)c2C(F)(F)F)cc1. The maximum Gasteiger partial charge on any atom is 0.435 e. The molecule has 0 radical (unpaired) electrons. The molecule has 0 fully saturated rings. The average Bonchev–Trinajstić information content (AvgIpc) is 3.06. The normalized spacial score (nSPS) is 12.2. The second kappa shape index (κ2) is 7.00. The van der Waals surface area contributed by atoms with Gasteiger partial charge in [0, 0.05) is 10.6 Å². The van der Waals surface area contributed by atoms with E-state index in [4.69, 9.17) is 16.7 Å². The molecule has 0 aliphatic rings. The summed E-state index contributed by atoms with van der Waals surface area (Å²) in [4.78, 5) is 12.2. The molecular weight excluding hydrogens is 421 g/mol. The molecule has 0 unspecified atom stereocenters. The molecule has 3 aromatic rings. The van der Waals surface area contributed by atoms with Gasteiger partial charge >= 0.3 is 6.18 Å². The Morgan fingerprint density at radius 3 is 2.11 bits per heavy atom. The first-order valence-corrected chi connectivity index (χ1v) is 9.37. The molecule has 12 heteroatoms. The van der Waals surface area contributed by atoms with Gasteiger partial charge < -0.3 is 0 Å². The zero-order chi connectivity index (χ0) is 20.7. The van der Waals surface area contributed by atoms with Crippen LogP contribution in [0.5, 0.6) is 0 Å². The van der Waals surface area contributed by atoms with Crippen LogP contribution in [0, 0.1) is 0 Å². The van der Waals surface area contributed by atoms with Crippen LogP contribution in [0.25, 0.3) is 5.69 Å². The van der Waals surface area contributed by atoms with E-state index in [2.05, 4.69) is 10.3 Å². The summed E-state index contributed by atoms with van der Waals surface area (Å²) in [5.41, 5.74) is -2.49. The Bertz CT molecular complexity index is 1140. The van der Waals surface area contributed by atoms with Crippen molar-refractivity contribution in [1.82, 2.24) is 15.0 Å². The third-order valence-corrected chi connectivity index (χ3v) is 4.85. The number of hydrogen-bond donors (Lipinski definition) is 1. The molecule has 0 bridgehead atoms. The van der Waals surface area contributed by atoms with Gasteiger partial charge in [0.1, 0.15) is 0 Å². The monoisotopic (exact) mass is 430 g/mol. The zero-order valence-corrected chi connectivity index (χ0v) is 15.3. The molecule has 1 aromatic heterocycles. The van der Waals surface area contributed by atoms with Crippen molar-refractivity contribution >= 4 is 27.4 Å². The molecule has 0 saturated carbocycles. The summed E-state index contributed by atoms with van der Waals surface area (Å²) in [5, 5.41) is 12.1. The number of halogens is 4. The number of sulfonamides is 1. The number of nitrogens with two attached hydrogens (primary N) is 1. The van der Waals surface area contributed by atoms with Crippen LogP contribution in [-0.2, 0) is 16.2 Å². The summed E-state index contributed by atoms with van der Waals surface area (Å²) < 4.78 is 63.9. The molecule has 0 saturated heterocycles. The Labute approximate surface area is 161 Å². The molecule has 2 aromatic carbocycles. The van der Waals surface area contributed by atoms with Gasteiger partial charge in [0.2, 0.25) is 15.8 Å². The van der Waals surface area contributed by atoms with Crippen LogP contribution < -0.4 is 5.14 Å². The Hall–Kier alpha value is -2.76. The van der Waals surface area contributed by atoms with Crippen molar-refractivity contribution in [2.45, 2.75) is 11.1 Å². The fourth-order valence-corrected chi connectivity index (χ4v) is 3.03. The lowest BCUT2D eigenvalue weighted by atomic mass is 10.1. The number of carbonyl (C=O) groups is 1. The Balaban J connectivity index is 2.11. The van der Waals surface area contributed by atoms with Crippen LogP contribution in [0.3, 0.4) is 0 Å². The highest BCUT2D eigenvalue weighted by atomic mass is 35.5. The van der Waals surface area contributed by atoms with Gasteiger partial charge in [0.25, 0.3) is 0 Å². The number of nitrogens with zero attached hydrogens (tertiary/aromatic N) is 3. The Morgan fingerprint density at radius 1 is 1.04 bits per heavy atom. The van der Waals surface area contributed by atoms with E-state index >= 15 is 0 Å². The van der Waals surface area contributed by atoms with Crippen molar-refractivity contribution in [2.24, 2.45) is 5.14 Å². The Morgan fingerprint density at radius 2 is 1.61 bits per heavy atom. The highest BCUT2D eigenvalue weighted by Crippen LogP contribution is 2.33. The minimum absolute atomic E-state index is 0.0495. The molecule has 0 aliphatic carbocycles. The first kappa shape index (κ1) is 20.0. The van der Waals surface area contributed by atoms with E-state index in [-0.39, 0.29) is 16.1 Å². The number of ketones is 1. The third-order valence-electron chi connectivity index (χ3n) is 3.67. The molecule has 28 heavy (non-hydrogen) atoms. The molecule has 2 N–H and O–H groups in total. The molecule has 0 spiro atoms. The van der Waals surface area contributed by atoms with Crippen molar-refractivity contribution in [1.29, 1.82) is 0 Å². The number of primary sulfonamides is 1. The molecule has 0 amide bonds. The summed E-state index contributed by atoms with van der Waals surface area (Å²) in [6, 6.07) is 9.44. The number of benzene rings is 2. The van der Waals surface area contributed by atoms with Gasteiger partial charge in [0.05, 0.1) is 10.6 Å². The van der Waals surface area contributed by atoms with Gasteiger partial charge in [-0.05, 0) is 48.5 Å². The number of alkyl halides is 3. The quantitative estimate of drug-likeness (QED) is 0.640. The predicted octanol–water partition coefficient (Wildman–Crippen LogP) is 2.82. The maximum atomic E-state index is 13.6. The maximum absolute atomic E-state index is 13.6. The molecule has 7 nitrogen and oxygen atoms in total. The minimum atomic E-state index is -4.96. The lowest BCUT2D eigenvalue weighted by molar-refractivity contribution is -0.143. The van der Waals surface area contributed by atoms with Gasteiger partial charge in [-0.3, -0.25) is 4.79 Å². The first-order valence-electron chi connectivity index (χ1n) is 7.45. The number of carbonyl (C=O) groups excluding carboxylic acids is 1. The largest absolute Gasteiger partial charge is 0.435 e. The Kier molecular flexibility index (Phi) is 5.00. The van der Waals surface area contributed by atoms with Crippen LogP contribution in [0.4, 0.5) is 13.2 Å². The van der Waals surface area contributed by atoms with E-state index in [0.29, 0.717) is 9.70 Å². The fraction of sp³-hybridized carbons (Fsp3) is 0.0625. The summed E-state index contributed by atoms with van der Waals surface area (Å²) in [7, 11) is -4.02. The standard InChI is InChI=1S/C16H10ClF3N4O3S/c17-10-3-1-9(2-4-10)14(25)13-15(16(18,19)20)24(23-22-13)11-5-7-12(8-6-11)28(21,26)27/h1-8H,(H2,21,26,27). The summed E-state index contributed by atoms with van der Waals surface area (Å²) in [6.45, 7) is 0. The zero-order valence-electron chi connectivity index (χ0n) is 13.7. The van der Waals surface area contributed by atoms with Crippen molar-refractivity contribution < 1.29 is 26.4 Å². The van der Waals surface area contributed by atoms with E-state index in [0.717, 1.165) is 24.3 Å². The van der Waals surface area contributed by atoms with Crippen molar-refractivity contribution in [3.05, 3.63) is 70.5 Å². The number of aromatic nitrogens is 3. The summed E-state index contributed by atoms with van der Waals surface area (Å²) >= 11 is 5.72. The van der Waals surface area contributed by atoms with E-state index in [1.54, 1.807) is 0 Å². The summed E-state index contributed by atoms with van der Waals surface area (Å²) in [5.74, 6) is -0.989. The van der Waals surface area contributed by atoms with Crippen LogP contribution in [0.15, 0.2) is 53.4 Å². The highest BCUT2D eigenvalue weighted by molar-refractivity contribution is 7.89. The van der Waals surface area contributed by atoms with Gasteiger partial charge in [-0.25, -0.2) is 18.2 Å². The van der Waals surface area contributed by atoms with Crippen molar-refractivity contribution in [3.8, 4) is 5.69 Å². The molecule has 146 valence electrons. The van der Waals surface area contributed by atoms with Crippen molar-refractivity contribution in [3.63, 3.8) is 0 Å². The molecule has 0 atom stereocenters.